The van der Waals surface area contributed by atoms with Gasteiger partial charge >= 0.3 is 0 Å². The Hall–Kier alpha value is -3.09. The zero-order valence-electron chi connectivity index (χ0n) is 19.7. The monoisotopic (exact) mass is 511 g/mol. The number of benzene rings is 3. The maximum Gasteiger partial charge on any atom is 0.259 e. The van der Waals surface area contributed by atoms with Crippen LogP contribution in [-0.2, 0) is 16.1 Å². The molecule has 182 valence electrons. The molecule has 1 heterocycles. The molecule has 0 saturated carbocycles. The number of carbonyl (C=O) groups excluding carboxylic acids is 3. The second-order valence-electron chi connectivity index (χ2n) is 8.66. The highest BCUT2D eigenvalue weighted by molar-refractivity contribution is 6.42. The Morgan fingerprint density at radius 2 is 1.80 bits per heavy atom. The first-order valence-electron chi connectivity index (χ1n) is 11.7. The molecule has 3 amide bonds. The highest BCUT2D eigenvalue weighted by Gasteiger charge is 2.34. The van der Waals surface area contributed by atoms with E-state index in [2.05, 4.69) is 5.32 Å². The summed E-state index contributed by atoms with van der Waals surface area (Å²) in [5.41, 5.74) is 2.01. The predicted molar refractivity (Wildman–Crippen MR) is 140 cm³/mol. The fourth-order valence-corrected chi connectivity index (χ4v) is 4.64. The summed E-state index contributed by atoms with van der Waals surface area (Å²) < 4.78 is 0. The van der Waals surface area contributed by atoms with Gasteiger partial charge in [-0.25, -0.2) is 0 Å². The Morgan fingerprint density at radius 3 is 2.51 bits per heavy atom. The molecule has 35 heavy (non-hydrogen) atoms. The van der Waals surface area contributed by atoms with E-state index in [0.29, 0.717) is 27.8 Å². The average molecular weight is 512 g/mol. The summed E-state index contributed by atoms with van der Waals surface area (Å²) in [6.07, 6.45) is 1.80. The van der Waals surface area contributed by atoms with Crippen LogP contribution in [0.1, 0.15) is 42.6 Å². The number of rotatable bonds is 9. The molecule has 0 spiro atoms. The van der Waals surface area contributed by atoms with Crippen LogP contribution in [0.5, 0.6) is 0 Å². The van der Waals surface area contributed by atoms with Gasteiger partial charge in [0.15, 0.2) is 0 Å². The lowest BCUT2D eigenvalue weighted by atomic mass is 10.1. The quantitative estimate of drug-likeness (QED) is 0.388. The van der Waals surface area contributed by atoms with Crippen LogP contribution in [0.4, 0.5) is 5.69 Å². The molecule has 0 saturated heterocycles. The molecule has 1 atom stereocenters. The van der Waals surface area contributed by atoms with Gasteiger partial charge in [0.25, 0.3) is 5.91 Å². The van der Waals surface area contributed by atoms with Crippen molar-refractivity contribution in [2.24, 2.45) is 0 Å². The largest absolute Gasteiger partial charge is 0.354 e. The van der Waals surface area contributed by atoms with E-state index >= 15 is 0 Å². The molecule has 3 aromatic rings. The van der Waals surface area contributed by atoms with E-state index < -0.39 is 6.04 Å². The van der Waals surface area contributed by atoms with Crippen molar-refractivity contribution in [3.05, 3.63) is 75.8 Å². The van der Waals surface area contributed by atoms with E-state index in [4.69, 9.17) is 23.2 Å². The summed E-state index contributed by atoms with van der Waals surface area (Å²) in [5, 5.41) is 5.46. The average Bonchev–Trinajstić information content (AvgIpc) is 3.12. The lowest BCUT2D eigenvalue weighted by molar-refractivity contribution is -0.139. The van der Waals surface area contributed by atoms with Crippen molar-refractivity contribution >= 4 is 57.4 Å². The number of unbranched alkanes of at least 4 members (excludes halogenated alkanes) is 1. The minimum atomic E-state index is -0.746. The highest BCUT2D eigenvalue weighted by Crippen LogP contribution is 2.37. The van der Waals surface area contributed by atoms with Crippen molar-refractivity contribution < 1.29 is 14.4 Å². The van der Waals surface area contributed by atoms with Gasteiger partial charge in [-0.1, -0.05) is 66.9 Å². The predicted octanol–water partition coefficient (Wildman–Crippen LogP) is 5.44. The minimum Gasteiger partial charge on any atom is -0.354 e. The second kappa shape index (κ2) is 10.7. The normalized spacial score (nSPS) is 13.3. The fourth-order valence-electron chi connectivity index (χ4n) is 4.32. The molecular formula is C27H27Cl2N3O3. The Balaban J connectivity index is 1.60. The third-order valence-corrected chi connectivity index (χ3v) is 7.02. The lowest BCUT2D eigenvalue weighted by Crippen LogP contribution is -2.51. The maximum absolute atomic E-state index is 13.6. The molecular weight excluding hydrogens is 485 g/mol. The van der Waals surface area contributed by atoms with Crippen LogP contribution in [0.3, 0.4) is 0 Å². The van der Waals surface area contributed by atoms with Gasteiger partial charge in [-0.05, 0) is 48.6 Å². The van der Waals surface area contributed by atoms with Gasteiger partial charge in [0.1, 0.15) is 12.6 Å². The molecule has 1 aliphatic heterocycles. The Morgan fingerprint density at radius 1 is 1.06 bits per heavy atom. The van der Waals surface area contributed by atoms with Gasteiger partial charge in [-0.3, -0.25) is 19.3 Å². The highest BCUT2D eigenvalue weighted by atomic mass is 35.5. The first kappa shape index (κ1) is 25.0. The van der Waals surface area contributed by atoms with Gasteiger partial charge in [0, 0.05) is 24.0 Å². The van der Waals surface area contributed by atoms with E-state index in [-0.39, 0.29) is 30.8 Å². The third kappa shape index (κ3) is 5.14. The SMILES string of the molecule is CCCCNC(=O)[C@H](C)N(Cc1ccc(Cl)c(Cl)c1)C(=O)CN1C(=O)c2cccc3cccc1c23. The molecule has 6 nitrogen and oxygen atoms in total. The van der Waals surface area contributed by atoms with E-state index in [1.807, 2.05) is 37.3 Å². The minimum absolute atomic E-state index is 0.150. The summed E-state index contributed by atoms with van der Waals surface area (Å²) in [5.74, 6) is -0.808. The number of hydrogen-bond acceptors (Lipinski definition) is 3. The van der Waals surface area contributed by atoms with Gasteiger partial charge in [0.05, 0.1) is 15.7 Å². The number of halogens is 2. The van der Waals surface area contributed by atoms with Crippen LogP contribution in [0.25, 0.3) is 10.8 Å². The number of anilines is 1. The topological polar surface area (TPSA) is 69.7 Å². The molecule has 0 fully saturated rings. The standard InChI is InChI=1S/C27H27Cl2N3O3/c1-3-4-13-30-26(34)17(2)31(15-18-11-12-21(28)22(29)14-18)24(33)16-32-23-10-6-8-19-7-5-9-20(25(19)23)27(32)35/h5-12,14,17H,3-4,13,15-16H2,1-2H3,(H,30,34)/t17-/m0/s1. The third-order valence-electron chi connectivity index (χ3n) is 6.28. The van der Waals surface area contributed by atoms with Gasteiger partial charge in [0.2, 0.25) is 11.8 Å². The maximum atomic E-state index is 13.6. The summed E-state index contributed by atoms with van der Waals surface area (Å²) in [6, 6.07) is 15.6. The van der Waals surface area contributed by atoms with Crippen molar-refractivity contribution in [2.75, 3.05) is 18.0 Å². The van der Waals surface area contributed by atoms with Crippen molar-refractivity contribution in [2.45, 2.75) is 39.3 Å². The molecule has 0 radical (unpaired) electrons. The van der Waals surface area contributed by atoms with Gasteiger partial charge in [-0.15, -0.1) is 0 Å². The van der Waals surface area contributed by atoms with Crippen LogP contribution < -0.4 is 10.2 Å². The molecule has 4 rings (SSSR count). The number of nitrogens with zero attached hydrogens (tertiary/aromatic N) is 2. The van der Waals surface area contributed by atoms with E-state index in [1.165, 1.54) is 9.80 Å². The molecule has 0 bridgehead atoms. The Kier molecular flexibility index (Phi) is 7.63. The summed E-state index contributed by atoms with van der Waals surface area (Å²) in [7, 11) is 0. The van der Waals surface area contributed by atoms with E-state index in [1.54, 1.807) is 31.2 Å². The second-order valence-corrected chi connectivity index (χ2v) is 9.48. The van der Waals surface area contributed by atoms with Crippen molar-refractivity contribution in [1.82, 2.24) is 10.2 Å². The van der Waals surface area contributed by atoms with Crippen LogP contribution in [0, 0.1) is 0 Å². The first-order chi connectivity index (χ1) is 16.8. The number of amides is 3. The molecule has 1 aliphatic rings. The smallest absolute Gasteiger partial charge is 0.259 e. The molecule has 8 heteroatoms. The first-order valence-corrected chi connectivity index (χ1v) is 12.4. The van der Waals surface area contributed by atoms with Crippen LogP contribution in [0.15, 0.2) is 54.6 Å². The Bertz CT molecular complexity index is 1290. The number of nitrogens with one attached hydrogen (secondary N) is 1. The van der Waals surface area contributed by atoms with Crippen LogP contribution in [-0.4, -0.2) is 41.8 Å². The number of hydrogen-bond donors (Lipinski definition) is 1. The van der Waals surface area contributed by atoms with Gasteiger partial charge in [-0.2, -0.15) is 0 Å². The van der Waals surface area contributed by atoms with Crippen molar-refractivity contribution in [1.29, 1.82) is 0 Å². The van der Waals surface area contributed by atoms with E-state index in [9.17, 15) is 14.4 Å². The van der Waals surface area contributed by atoms with Gasteiger partial charge < -0.3 is 10.2 Å². The molecule has 0 aromatic heterocycles. The molecule has 0 aliphatic carbocycles. The fraction of sp³-hybridized carbons (Fsp3) is 0.296. The van der Waals surface area contributed by atoms with Crippen LogP contribution >= 0.6 is 23.2 Å². The zero-order valence-corrected chi connectivity index (χ0v) is 21.2. The summed E-state index contributed by atoms with van der Waals surface area (Å²) in [4.78, 5) is 42.7. The summed E-state index contributed by atoms with van der Waals surface area (Å²) in [6.45, 7) is 4.24. The molecule has 0 unspecified atom stereocenters. The molecule has 3 aromatic carbocycles. The molecule has 1 N–H and O–H groups in total. The zero-order chi connectivity index (χ0) is 25.1. The van der Waals surface area contributed by atoms with Crippen molar-refractivity contribution in [3.63, 3.8) is 0 Å². The van der Waals surface area contributed by atoms with E-state index in [0.717, 1.165) is 29.2 Å². The summed E-state index contributed by atoms with van der Waals surface area (Å²) >= 11 is 12.2. The Labute approximate surface area is 214 Å². The lowest BCUT2D eigenvalue weighted by Gasteiger charge is -2.30. The van der Waals surface area contributed by atoms with Crippen molar-refractivity contribution in [3.8, 4) is 0 Å². The van der Waals surface area contributed by atoms with Crippen LogP contribution in [0.2, 0.25) is 10.0 Å². The number of carbonyl (C=O) groups is 3.